The number of hydrogen-bond donors (Lipinski definition) is 1. The highest BCUT2D eigenvalue weighted by Crippen LogP contribution is 2.33. The number of carbonyl (C=O) groups excluding carboxylic acids is 1. The van der Waals surface area contributed by atoms with Gasteiger partial charge in [0.1, 0.15) is 0 Å². The van der Waals surface area contributed by atoms with Crippen LogP contribution in [-0.4, -0.2) is 28.1 Å². The molecule has 0 aliphatic carbocycles. The van der Waals surface area contributed by atoms with Gasteiger partial charge in [0.2, 0.25) is 0 Å². The van der Waals surface area contributed by atoms with E-state index in [-0.39, 0.29) is 5.91 Å². The summed E-state index contributed by atoms with van der Waals surface area (Å²) in [5.74, 6) is 0.488. The number of aryl methyl sites for hydroxylation is 2. The van der Waals surface area contributed by atoms with Crippen LogP contribution in [0.25, 0.3) is 11.0 Å². The Hall–Kier alpha value is -2.87. The molecule has 1 N–H and O–H groups in total. The first-order valence-corrected chi connectivity index (χ1v) is 10.6. The van der Waals surface area contributed by atoms with Crippen LogP contribution in [0, 0.1) is 5.92 Å². The van der Waals surface area contributed by atoms with Crippen molar-refractivity contribution in [3.63, 3.8) is 0 Å². The van der Waals surface area contributed by atoms with Gasteiger partial charge < -0.3 is 19.4 Å². The van der Waals surface area contributed by atoms with Crippen LogP contribution in [0.15, 0.2) is 39.2 Å². The molecule has 1 aliphatic heterocycles. The summed E-state index contributed by atoms with van der Waals surface area (Å²) in [7, 11) is 3.19. The minimum absolute atomic E-state index is 0.180. The van der Waals surface area contributed by atoms with Gasteiger partial charge in [0.05, 0.1) is 27.3 Å². The number of thiophene rings is 1. The first-order valence-electron chi connectivity index (χ1n) is 9.70. The summed E-state index contributed by atoms with van der Waals surface area (Å²) in [6.07, 6.45) is 2.14. The van der Waals surface area contributed by atoms with Crippen molar-refractivity contribution in [1.82, 2.24) is 9.13 Å². The Kier molecular flexibility index (Phi) is 5.04. The molecule has 3 aromatic rings. The van der Waals surface area contributed by atoms with E-state index in [2.05, 4.69) is 17.1 Å². The molecule has 1 aliphatic rings. The van der Waals surface area contributed by atoms with Gasteiger partial charge in [-0.3, -0.25) is 14.4 Å². The van der Waals surface area contributed by atoms with E-state index < -0.39 is 11.1 Å². The van der Waals surface area contributed by atoms with Gasteiger partial charge in [0.25, 0.3) is 5.91 Å². The topological polar surface area (TPSA) is 76.3 Å². The summed E-state index contributed by atoms with van der Waals surface area (Å²) in [6.45, 7) is 4.01. The number of amides is 1. The lowest BCUT2D eigenvalue weighted by Crippen LogP contribution is -2.39. The molecule has 2 aromatic heterocycles. The molecular weight excluding hydrogens is 388 g/mol. The van der Waals surface area contributed by atoms with Crippen molar-refractivity contribution in [2.75, 3.05) is 23.3 Å². The second-order valence-corrected chi connectivity index (χ2v) is 8.64. The van der Waals surface area contributed by atoms with E-state index in [1.165, 1.54) is 20.5 Å². The maximum absolute atomic E-state index is 12.7. The Balaban J connectivity index is 1.88. The summed E-state index contributed by atoms with van der Waals surface area (Å²) in [6, 6.07) is 7.33. The fourth-order valence-electron chi connectivity index (χ4n) is 3.81. The number of hydrogen-bond acceptors (Lipinski definition) is 5. The van der Waals surface area contributed by atoms with E-state index in [4.69, 9.17) is 0 Å². The highest BCUT2D eigenvalue weighted by Gasteiger charge is 2.22. The second kappa shape index (κ2) is 7.51. The Morgan fingerprint density at radius 3 is 2.28 bits per heavy atom. The Labute approximate surface area is 172 Å². The van der Waals surface area contributed by atoms with E-state index >= 15 is 0 Å². The summed E-state index contributed by atoms with van der Waals surface area (Å²) in [5.41, 5.74) is 1.65. The van der Waals surface area contributed by atoms with Crippen LogP contribution in [0.4, 0.5) is 11.4 Å². The highest BCUT2D eigenvalue weighted by atomic mass is 32.1. The SMILES string of the molecule is CC1CCN(c2cc3c(cc2NC(=O)c2cccs2)n(C)c(=O)c(=O)n3C)CC1. The average molecular weight is 413 g/mol. The summed E-state index contributed by atoms with van der Waals surface area (Å²) in [4.78, 5) is 40.2. The third kappa shape index (κ3) is 3.48. The monoisotopic (exact) mass is 412 g/mol. The maximum atomic E-state index is 12.7. The minimum Gasteiger partial charge on any atom is -0.370 e. The molecule has 0 bridgehead atoms. The van der Waals surface area contributed by atoms with E-state index in [0.717, 1.165) is 31.6 Å². The molecule has 0 saturated carbocycles. The first-order chi connectivity index (χ1) is 13.9. The van der Waals surface area contributed by atoms with Gasteiger partial charge in [-0.1, -0.05) is 13.0 Å². The van der Waals surface area contributed by atoms with E-state index in [1.54, 1.807) is 26.2 Å². The van der Waals surface area contributed by atoms with Crippen molar-refractivity contribution in [2.45, 2.75) is 19.8 Å². The second-order valence-electron chi connectivity index (χ2n) is 7.69. The molecule has 1 saturated heterocycles. The van der Waals surface area contributed by atoms with Gasteiger partial charge in [-0.05, 0) is 42.3 Å². The van der Waals surface area contributed by atoms with Crippen molar-refractivity contribution < 1.29 is 4.79 Å². The smallest absolute Gasteiger partial charge is 0.316 e. The van der Waals surface area contributed by atoms with E-state index in [0.29, 0.717) is 27.5 Å². The Morgan fingerprint density at radius 1 is 1.07 bits per heavy atom. The molecule has 8 heteroatoms. The quantitative estimate of drug-likeness (QED) is 0.671. The largest absolute Gasteiger partial charge is 0.370 e. The minimum atomic E-state index is -0.588. The standard InChI is InChI=1S/C21H24N4O3S/c1-13-6-8-25(9-7-13)15-12-17-16(23(2)20(27)21(28)24(17)3)11-14(15)22-19(26)18-5-4-10-29-18/h4-5,10-13H,6-9H2,1-3H3,(H,22,26). The van der Waals surface area contributed by atoms with Crippen LogP contribution in [0.1, 0.15) is 29.4 Å². The van der Waals surface area contributed by atoms with Crippen LogP contribution >= 0.6 is 11.3 Å². The lowest BCUT2D eigenvalue weighted by Gasteiger charge is -2.33. The molecule has 0 radical (unpaired) electrons. The molecule has 0 unspecified atom stereocenters. The van der Waals surface area contributed by atoms with Gasteiger partial charge in [-0.25, -0.2) is 0 Å². The number of carbonyl (C=O) groups is 1. The van der Waals surface area contributed by atoms with Crippen LogP contribution in [-0.2, 0) is 14.1 Å². The number of anilines is 2. The third-order valence-electron chi connectivity index (χ3n) is 5.73. The number of rotatable bonds is 3. The number of nitrogens with one attached hydrogen (secondary N) is 1. The van der Waals surface area contributed by atoms with Gasteiger partial charge in [0, 0.05) is 27.2 Å². The first kappa shape index (κ1) is 19.4. The van der Waals surface area contributed by atoms with Gasteiger partial charge in [-0.15, -0.1) is 11.3 Å². The molecule has 152 valence electrons. The molecule has 4 rings (SSSR count). The fourth-order valence-corrected chi connectivity index (χ4v) is 4.43. The molecular formula is C21H24N4O3S. The highest BCUT2D eigenvalue weighted by molar-refractivity contribution is 7.12. The number of piperidine rings is 1. The zero-order valence-corrected chi connectivity index (χ0v) is 17.6. The molecule has 1 amide bonds. The zero-order chi connectivity index (χ0) is 20.7. The lowest BCUT2D eigenvalue weighted by atomic mass is 9.98. The Morgan fingerprint density at radius 2 is 1.69 bits per heavy atom. The van der Waals surface area contributed by atoms with Crippen LogP contribution in [0.5, 0.6) is 0 Å². The molecule has 0 spiro atoms. The third-order valence-corrected chi connectivity index (χ3v) is 6.59. The van der Waals surface area contributed by atoms with Crippen molar-refractivity contribution >= 4 is 39.7 Å². The maximum Gasteiger partial charge on any atom is 0.316 e. The predicted octanol–water partition coefficient (Wildman–Crippen LogP) is 2.79. The van der Waals surface area contributed by atoms with Crippen molar-refractivity contribution in [3.8, 4) is 0 Å². The van der Waals surface area contributed by atoms with E-state index in [9.17, 15) is 14.4 Å². The molecule has 7 nitrogen and oxygen atoms in total. The number of benzene rings is 1. The van der Waals surface area contributed by atoms with Crippen LogP contribution in [0.3, 0.4) is 0 Å². The molecule has 0 atom stereocenters. The van der Waals surface area contributed by atoms with Crippen molar-refractivity contribution in [2.24, 2.45) is 20.0 Å². The molecule has 1 fully saturated rings. The molecule has 3 heterocycles. The van der Waals surface area contributed by atoms with Gasteiger partial charge in [0.15, 0.2) is 0 Å². The molecule has 29 heavy (non-hydrogen) atoms. The zero-order valence-electron chi connectivity index (χ0n) is 16.8. The molecule has 1 aromatic carbocycles. The summed E-state index contributed by atoms with van der Waals surface area (Å²) < 4.78 is 2.74. The fraction of sp³-hybridized carbons (Fsp3) is 0.381. The van der Waals surface area contributed by atoms with Gasteiger partial charge >= 0.3 is 11.1 Å². The number of fused-ring (bicyclic) bond motifs is 1. The van der Waals surface area contributed by atoms with Crippen molar-refractivity contribution in [1.29, 1.82) is 0 Å². The van der Waals surface area contributed by atoms with Crippen LogP contribution < -0.4 is 21.3 Å². The normalized spacial score (nSPS) is 15.1. The van der Waals surface area contributed by atoms with Crippen LogP contribution in [0.2, 0.25) is 0 Å². The summed E-state index contributed by atoms with van der Waals surface area (Å²) >= 11 is 1.38. The predicted molar refractivity (Wildman–Crippen MR) is 117 cm³/mol. The van der Waals surface area contributed by atoms with E-state index in [1.807, 2.05) is 17.5 Å². The number of nitrogens with zero attached hydrogens (tertiary/aromatic N) is 3. The Bertz CT molecular complexity index is 1190. The van der Waals surface area contributed by atoms with Crippen molar-refractivity contribution in [3.05, 3.63) is 55.2 Å². The van der Waals surface area contributed by atoms with Gasteiger partial charge in [-0.2, -0.15) is 0 Å². The summed E-state index contributed by atoms with van der Waals surface area (Å²) in [5, 5.41) is 4.88. The average Bonchev–Trinajstić information content (AvgIpc) is 3.26. The number of aromatic nitrogens is 2. The lowest BCUT2D eigenvalue weighted by molar-refractivity contribution is 0.103.